The van der Waals surface area contributed by atoms with Crippen LogP contribution in [0.5, 0.6) is 5.75 Å². The van der Waals surface area contributed by atoms with Gasteiger partial charge in [-0.25, -0.2) is 4.79 Å². The van der Waals surface area contributed by atoms with Crippen molar-refractivity contribution in [2.45, 2.75) is 13.5 Å². The summed E-state index contributed by atoms with van der Waals surface area (Å²) >= 11 is 0. The third-order valence-electron chi connectivity index (χ3n) is 2.80. The fourth-order valence-electron chi connectivity index (χ4n) is 1.78. The minimum atomic E-state index is -0.614. The molecular formula is C17H17NO4. The van der Waals surface area contributed by atoms with E-state index in [1.165, 1.54) is 6.92 Å². The number of rotatable bonds is 6. The molecule has 2 aromatic carbocycles. The molecule has 2 rings (SSSR count). The maximum Gasteiger partial charge on any atom is 0.332 e. The molecule has 0 bridgehead atoms. The quantitative estimate of drug-likeness (QED) is 0.656. The molecule has 0 fully saturated rings. The number of carbonyl (C=O) groups is 2. The van der Waals surface area contributed by atoms with Gasteiger partial charge in [-0.3, -0.25) is 4.79 Å². The Morgan fingerprint density at radius 1 is 1.00 bits per heavy atom. The molecule has 0 unspecified atom stereocenters. The molecule has 0 aliphatic carbocycles. The van der Waals surface area contributed by atoms with Crippen molar-refractivity contribution in [3.8, 4) is 5.75 Å². The van der Waals surface area contributed by atoms with Crippen LogP contribution >= 0.6 is 0 Å². The van der Waals surface area contributed by atoms with Crippen LogP contribution in [0, 0.1) is 0 Å². The number of hydrogen-bond acceptors (Lipinski definition) is 5. The molecule has 0 aliphatic rings. The number of hydrogen-bond donors (Lipinski definition) is 1. The Balaban J connectivity index is 1.80. The van der Waals surface area contributed by atoms with Crippen LogP contribution in [0.25, 0.3) is 0 Å². The molecule has 2 aromatic rings. The van der Waals surface area contributed by atoms with Gasteiger partial charge in [0, 0.05) is 12.6 Å². The van der Waals surface area contributed by atoms with Crippen LogP contribution in [0.15, 0.2) is 54.6 Å². The standard InChI is InChI=1S/C17H17NO4/c1-13(19)22-17(20)11-18-15-7-9-16(10-8-15)21-12-14-5-3-2-4-6-14/h2-10,18H,11-12H2,1H3. The van der Waals surface area contributed by atoms with E-state index in [0.29, 0.717) is 6.61 Å². The highest BCUT2D eigenvalue weighted by Gasteiger charge is 2.05. The van der Waals surface area contributed by atoms with Gasteiger partial charge in [-0.15, -0.1) is 0 Å². The largest absolute Gasteiger partial charge is 0.489 e. The zero-order chi connectivity index (χ0) is 15.8. The first-order chi connectivity index (χ1) is 10.6. The zero-order valence-electron chi connectivity index (χ0n) is 12.2. The Hall–Kier alpha value is -2.82. The van der Waals surface area contributed by atoms with Gasteiger partial charge in [0.25, 0.3) is 0 Å². The first kappa shape index (κ1) is 15.6. The van der Waals surface area contributed by atoms with Gasteiger partial charge in [-0.1, -0.05) is 30.3 Å². The average Bonchev–Trinajstić information content (AvgIpc) is 2.52. The molecule has 0 heterocycles. The fraction of sp³-hybridized carbons (Fsp3) is 0.176. The van der Waals surface area contributed by atoms with E-state index >= 15 is 0 Å². The minimum absolute atomic E-state index is 0.0657. The molecule has 0 radical (unpaired) electrons. The number of carbonyl (C=O) groups excluding carboxylic acids is 2. The van der Waals surface area contributed by atoms with E-state index in [0.717, 1.165) is 17.0 Å². The molecule has 5 heteroatoms. The smallest absolute Gasteiger partial charge is 0.332 e. The van der Waals surface area contributed by atoms with Crippen LogP contribution in [0.1, 0.15) is 12.5 Å². The fourth-order valence-corrected chi connectivity index (χ4v) is 1.78. The second kappa shape index (κ2) is 7.83. The number of benzene rings is 2. The lowest BCUT2D eigenvalue weighted by Gasteiger charge is -2.08. The van der Waals surface area contributed by atoms with Crippen LogP contribution < -0.4 is 10.1 Å². The topological polar surface area (TPSA) is 64.6 Å². The van der Waals surface area contributed by atoms with Gasteiger partial charge < -0.3 is 14.8 Å². The molecule has 0 aromatic heterocycles. The third kappa shape index (κ3) is 5.28. The van der Waals surface area contributed by atoms with E-state index in [4.69, 9.17) is 4.74 Å². The molecular weight excluding hydrogens is 282 g/mol. The zero-order valence-corrected chi connectivity index (χ0v) is 12.2. The summed E-state index contributed by atoms with van der Waals surface area (Å²) in [5.41, 5.74) is 1.84. The summed E-state index contributed by atoms with van der Waals surface area (Å²) in [6, 6.07) is 17.1. The maximum atomic E-state index is 11.2. The second-order valence-electron chi connectivity index (χ2n) is 4.62. The Labute approximate surface area is 128 Å². The summed E-state index contributed by atoms with van der Waals surface area (Å²) in [5.74, 6) is -0.492. The highest BCUT2D eigenvalue weighted by Crippen LogP contribution is 2.16. The summed E-state index contributed by atoms with van der Waals surface area (Å²) in [6.45, 7) is 1.62. The van der Waals surface area contributed by atoms with Gasteiger partial charge in [0.15, 0.2) is 0 Å². The van der Waals surface area contributed by atoms with Crippen molar-refractivity contribution in [1.29, 1.82) is 0 Å². The lowest BCUT2D eigenvalue weighted by atomic mass is 10.2. The van der Waals surface area contributed by atoms with E-state index in [1.54, 1.807) is 12.1 Å². The molecule has 114 valence electrons. The van der Waals surface area contributed by atoms with E-state index in [-0.39, 0.29) is 6.54 Å². The van der Waals surface area contributed by atoms with Crippen LogP contribution in [0.4, 0.5) is 5.69 Å². The molecule has 0 saturated carbocycles. The maximum absolute atomic E-state index is 11.2. The van der Waals surface area contributed by atoms with Crippen LogP contribution in [0.2, 0.25) is 0 Å². The Morgan fingerprint density at radius 3 is 2.32 bits per heavy atom. The molecule has 1 N–H and O–H groups in total. The third-order valence-corrected chi connectivity index (χ3v) is 2.80. The minimum Gasteiger partial charge on any atom is -0.489 e. The van der Waals surface area contributed by atoms with Gasteiger partial charge in [0.2, 0.25) is 0 Å². The molecule has 22 heavy (non-hydrogen) atoms. The lowest BCUT2D eigenvalue weighted by molar-refractivity contribution is -0.156. The highest BCUT2D eigenvalue weighted by atomic mass is 16.6. The van der Waals surface area contributed by atoms with Crippen molar-refractivity contribution >= 4 is 17.6 Å². The monoisotopic (exact) mass is 299 g/mol. The van der Waals surface area contributed by atoms with Crippen molar-refractivity contribution in [3.63, 3.8) is 0 Å². The molecule has 5 nitrogen and oxygen atoms in total. The Bertz CT molecular complexity index is 623. The predicted molar refractivity (Wildman–Crippen MR) is 82.5 cm³/mol. The van der Waals surface area contributed by atoms with Gasteiger partial charge >= 0.3 is 11.9 Å². The number of anilines is 1. The number of ether oxygens (including phenoxy) is 2. The van der Waals surface area contributed by atoms with Crippen molar-refractivity contribution in [1.82, 2.24) is 0 Å². The normalized spacial score (nSPS) is 9.86. The highest BCUT2D eigenvalue weighted by molar-refractivity contribution is 5.86. The molecule has 0 saturated heterocycles. The number of nitrogens with one attached hydrogen (secondary N) is 1. The molecule has 0 spiro atoms. The van der Waals surface area contributed by atoms with Crippen LogP contribution in [0.3, 0.4) is 0 Å². The molecule has 0 atom stereocenters. The first-order valence-corrected chi connectivity index (χ1v) is 6.85. The molecule has 0 amide bonds. The summed E-state index contributed by atoms with van der Waals surface area (Å²) in [5, 5.41) is 2.87. The van der Waals surface area contributed by atoms with Gasteiger partial charge in [-0.05, 0) is 29.8 Å². The van der Waals surface area contributed by atoms with Crippen molar-refractivity contribution < 1.29 is 19.1 Å². The summed E-state index contributed by atoms with van der Waals surface area (Å²) in [6.07, 6.45) is 0. The van der Waals surface area contributed by atoms with Gasteiger partial charge in [0.1, 0.15) is 18.9 Å². The van der Waals surface area contributed by atoms with E-state index in [9.17, 15) is 9.59 Å². The predicted octanol–water partition coefficient (Wildman–Crippen LogP) is 2.77. The van der Waals surface area contributed by atoms with Crippen LogP contribution in [-0.4, -0.2) is 18.5 Å². The summed E-state index contributed by atoms with van der Waals surface area (Å²) in [7, 11) is 0. The summed E-state index contributed by atoms with van der Waals surface area (Å²) in [4.78, 5) is 21.8. The second-order valence-corrected chi connectivity index (χ2v) is 4.62. The summed E-state index contributed by atoms with van der Waals surface area (Å²) < 4.78 is 10.1. The van der Waals surface area contributed by atoms with E-state index in [1.807, 2.05) is 42.5 Å². The van der Waals surface area contributed by atoms with Crippen molar-refractivity contribution in [2.24, 2.45) is 0 Å². The van der Waals surface area contributed by atoms with Crippen molar-refractivity contribution in [2.75, 3.05) is 11.9 Å². The average molecular weight is 299 g/mol. The number of esters is 2. The van der Waals surface area contributed by atoms with Gasteiger partial charge in [0.05, 0.1) is 0 Å². The van der Waals surface area contributed by atoms with Gasteiger partial charge in [-0.2, -0.15) is 0 Å². The van der Waals surface area contributed by atoms with Crippen molar-refractivity contribution in [3.05, 3.63) is 60.2 Å². The van der Waals surface area contributed by atoms with Crippen LogP contribution in [-0.2, 0) is 20.9 Å². The SMILES string of the molecule is CC(=O)OC(=O)CNc1ccc(OCc2ccccc2)cc1. The first-order valence-electron chi connectivity index (χ1n) is 6.85. The van der Waals surface area contributed by atoms with E-state index in [2.05, 4.69) is 10.1 Å². The molecule has 0 aliphatic heterocycles. The van der Waals surface area contributed by atoms with E-state index < -0.39 is 11.9 Å². The Kier molecular flexibility index (Phi) is 5.54. The lowest BCUT2D eigenvalue weighted by Crippen LogP contribution is -2.18. The Morgan fingerprint density at radius 2 is 1.68 bits per heavy atom.